The summed E-state index contributed by atoms with van der Waals surface area (Å²) in [6.07, 6.45) is 4.02. The van der Waals surface area contributed by atoms with Gasteiger partial charge in [-0.3, -0.25) is 4.90 Å². The van der Waals surface area contributed by atoms with Crippen molar-refractivity contribution < 1.29 is 13.2 Å². The van der Waals surface area contributed by atoms with Gasteiger partial charge in [0.1, 0.15) is 10.7 Å². The van der Waals surface area contributed by atoms with Gasteiger partial charge in [0.2, 0.25) is 10.0 Å². The van der Waals surface area contributed by atoms with E-state index in [2.05, 4.69) is 29.0 Å². The van der Waals surface area contributed by atoms with Crippen molar-refractivity contribution >= 4 is 15.8 Å². The van der Waals surface area contributed by atoms with Crippen molar-refractivity contribution in [2.75, 3.05) is 51.3 Å². The standard InChI is InChI=1S/C18H30N4O3S/c1-15-4-3-7-21(14-15)16(2)12-19-18-6-5-17(13-20-18)26(23,24)22-8-10-25-11-9-22/h5-6,13,15-16H,3-4,7-12,14H2,1-2H3,(H,19,20). The molecular formula is C18H30N4O3S. The second-order valence-electron chi connectivity index (χ2n) is 7.37. The summed E-state index contributed by atoms with van der Waals surface area (Å²) in [5.74, 6) is 1.47. The SMILES string of the molecule is CC1CCCN(C(C)CNc2ccc(S(=O)(=O)N3CCOCC3)cn2)C1. The highest BCUT2D eigenvalue weighted by atomic mass is 32.2. The fraction of sp³-hybridized carbons (Fsp3) is 0.722. The molecule has 2 fully saturated rings. The molecule has 2 aliphatic rings. The van der Waals surface area contributed by atoms with Crippen LogP contribution >= 0.6 is 0 Å². The van der Waals surface area contributed by atoms with Crippen molar-refractivity contribution in [3.63, 3.8) is 0 Å². The van der Waals surface area contributed by atoms with Gasteiger partial charge in [0.15, 0.2) is 0 Å². The van der Waals surface area contributed by atoms with Crippen LogP contribution in [0.2, 0.25) is 0 Å². The zero-order valence-electron chi connectivity index (χ0n) is 15.7. The van der Waals surface area contributed by atoms with Crippen molar-refractivity contribution in [3.8, 4) is 0 Å². The number of likely N-dealkylation sites (tertiary alicyclic amines) is 1. The molecule has 0 spiro atoms. The number of sulfonamides is 1. The predicted molar refractivity (Wildman–Crippen MR) is 102 cm³/mol. The summed E-state index contributed by atoms with van der Waals surface area (Å²) in [5, 5.41) is 3.33. The lowest BCUT2D eigenvalue weighted by Gasteiger charge is -2.35. The number of pyridine rings is 1. The topological polar surface area (TPSA) is 74.8 Å². The minimum atomic E-state index is -3.48. The van der Waals surface area contributed by atoms with Gasteiger partial charge >= 0.3 is 0 Å². The molecule has 2 atom stereocenters. The van der Waals surface area contributed by atoms with E-state index in [-0.39, 0.29) is 4.90 Å². The van der Waals surface area contributed by atoms with Crippen LogP contribution in [-0.2, 0) is 14.8 Å². The molecule has 0 aromatic carbocycles. The molecule has 26 heavy (non-hydrogen) atoms. The molecule has 0 amide bonds. The van der Waals surface area contributed by atoms with Crippen LogP contribution in [0.15, 0.2) is 23.2 Å². The summed E-state index contributed by atoms with van der Waals surface area (Å²) >= 11 is 0. The number of nitrogens with zero attached hydrogens (tertiary/aromatic N) is 3. The third-order valence-corrected chi connectivity index (χ3v) is 7.12. The van der Waals surface area contributed by atoms with E-state index in [9.17, 15) is 8.42 Å². The molecular weight excluding hydrogens is 352 g/mol. The molecule has 3 heterocycles. The minimum Gasteiger partial charge on any atom is -0.379 e. The maximum Gasteiger partial charge on any atom is 0.244 e. The molecule has 2 unspecified atom stereocenters. The van der Waals surface area contributed by atoms with Crippen LogP contribution in [-0.4, -0.2) is 74.6 Å². The molecule has 8 heteroatoms. The summed E-state index contributed by atoms with van der Waals surface area (Å²) in [5.41, 5.74) is 0. The normalized spacial score (nSPS) is 24.3. The highest BCUT2D eigenvalue weighted by molar-refractivity contribution is 7.89. The Balaban J connectivity index is 1.55. The van der Waals surface area contributed by atoms with Gasteiger partial charge in [-0.05, 0) is 44.4 Å². The van der Waals surface area contributed by atoms with E-state index < -0.39 is 10.0 Å². The number of ether oxygens (including phenoxy) is 1. The maximum atomic E-state index is 12.6. The molecule has 0 radical (unpaired) electrons. The summed E-state index contributed by atoms with van der Waals surface area (Å²) in [7, 11) is -3.48. The molecule has 0 aliphatic carbocycles. The summed E-state index contributed by atoms with van der Waals surface area (Å²) in [6, 6.07) is 3.81. The number of nitrogens with one attached hydrogen (secondary N) is 1. The van der Waals surface area contributed by atoms with E-state index in [4.69, 9.17) is 4.74 Å². The lowest BCUT2D eigenvalue weighted by Crippen LogP contribution is -2.43. The van der Waals surface area contributed by atoms with E-state index in [0.29, 0.717) is 38.2 Å². The molecule has 2 aliphatic heterocycles. The Bertz CT molecular complexity index is 674. The highest BCUT2D eigenvalue weighted by Crippen LogP contribution is 2.19. The van der Waals surface area contributed by atoms with Gasteiger partial charge in [0.25, 0.3) is 0 Å². The van der Waals surface area contributed by atoms with Crippen LogP contribution in [0.25, 0.3) is 0 Å². The van der Waals surface area contributed by atoms with Gasteiger partial charge in [-0.15, -0.1) is 0 Å². The first-order chi connectivity index (χ1) is 12.5. The number of hydrogen-bond donors (Lipinski definition) is 1. The van der Waals surface area contributed by atoms with Gasteiger partial charge in [-0.1, -0.05) is 6.92 Å². The lowest BCUT2D eigenvalue weighted by atomic mass is 9.99. The fourth-order valence-corrected chi connectivity index (χ4v) is 4.93. The van der Waals surface area contributed by atoms with Crippen LogP contribution < -0.4 is 5.32 Å². The fourth-order valence-electron chi connectivity index (χ4n) is 3.58. The van der Waals surface area contributed by atoms with Gasteiger partial charge < -0.3 is 10.1 Å². The third kappa shape index (κ3) is 4.73. The second kappa shape index (κ2) is 8.65. The van der Waals surface area contributed by atoms with Crippen molar-refractivity contribution in [1.29, 1.82) is 0 Å². The van der Waals surface area contributed by atoms with Gasteiger partial charge in [-0.25, -0.2) is 13.4 Å². The van der Waals surface area contributed by atoms with Crippen LogP contribution in [0.5, 0.6) is 0 Å². The monoisotopic (exact) mass is 382 g/mol. The molecule has 1 aromatic rings. The molecule has 0 bridgehead atoms. The molecule has 0 saturated carbocycles. The van der Waals surface area contributed by atoms with Crippen LogP contribution in [0.4, 0.5) is 5.82 Å². The van der Waals surface area contributed by atoms with Crippen molar-refractivity contribution in [1.82, 2.24) is 14.2 Å². The van der Waals surface area contributed by atoms with Crippen molar-refractivity contribution in [2.45, 2.75) is 37.6 Å². The van der Waals surface area contributed by atoms with E-state index in [1.54, 1.807) is 12.1 Å². The van der Waals surface area contributed by atoms with Gasteiger partial charge in [-0.2, -0.15) is 4.31 Å². The van der Waals surface area contributed by atoms with Crippen molar-refractivity contribution in [3.05, 3.63) is 18.3 Å². The zero-order valence-corrected chi connectivity index (χ0v) is 16.5. The Morgan fingerprint density at radius 2 is 2.08 bits per heavy atom. The van der Waals surface area contributed by atoms with Crippen LogP contribution in [0.1, 0.15) is 26.7 Å². The quantitative estimate of drug-likeness (QED) is 0.806. The Morgan fingerprint density at radius 1 is 1.31 bits per heavy atom. The van der Waals surface area contributed by atoms with E-state index in [0.717, 1.165) is 25.6 Å². The molecule has 1 aromatic heterocycles. The Kier molecular flexibility index (Phi) is 6.50. The van der Waals surface area contributed by atoms with E-state index in [1.165, 1.54) is 23.3 Å². The first-order valence-corrected chi connectivity index (χ1v) is 10.9. The number of rotatable bonds is 6. The molecule has 1 N–H and O–H groups in total. The lowest BCUT2D eigenvalue weighted by molar-refractivity contribution is 0.0730. The smallest absolute Gasteiger partial charge is 0.244 e. The number of piperidine rings is 1. The van der Waals surface area contributed by atoms with E-state index >= 15 is 0 Å². The summed E-state index contributed by atoms with van der Waals surface area (Å²) in [4.78, 5) is 7.06. The maximum absolute atomic E-state index is 12.6. The van der Waals surface area contributed by atoms with E-state index in [1.807, 2.05) is 0 Å². The van der Waals surface area contributed by atoms with Gasteiger partial charge in [0, 0.05) is 38.4 Å². The average Bonchev–Trinajstić information content (AvgIpc) is 2.67. The largest absolute Gasteiger partial charge is 0.379 e. The molecule has 2 saturated heterocycles. The second-order valence-corrected chi connectivity index (χ2v) is 9.31. The van der Waals surface area contributed by atoms with Crippen LogP contribution in [0.3, 0.4) is 0 Å². The Morgan fingerprint density at radius 3 is 2.73 bits per heavy atom. The molecule has 146 valence electrons. The summed E-state index contributed by atoms with van der Waals surface area (Å²) in [6.45, 7) is 9.31. The molecule has 7 nitrogen and oxygen atoms in total. The average molecular weight is 383 g/mol. The zero-order chi connectivity index (χ0) is 18.6. The number of hydrogen-bond acceptors (Lipinski definition) is 6. The third-order valence-electron chi connectivity index (χ3n) is 5.23. The predicted octanol–water partition coefficient (Wildman–Crippen LogP) is 1.63. The first kappa shape index (κ1) is 19.5. The minimum absolute atomic E-state index is 0.239. The molecule has 3 rings (SSSR count). The van der Waals surface area contributed by atoms with Crippen molar-refractivity contribution in [2.24, 2.45) is 5.92 Å². The number of anilines is 1. The summed E-state index contributed by atoms with van der Waals surface area (Å²) < 4.78 is 31.9. The van der Waals surface area contributed by atoms with Crippen LogP contribution in [0, 0.1) is 5.92 Å². The first-order valence-electron chi connectivity index (χ1n) is 9.48. The number of aromatic nitrogens is 1. The van der Waals surface area contributed by atoms with Gasteiger partial charge in [0.05, 0.1) is 13.2 Å². The Hall–Kier alpha value is -1.22. The Labute approximate surface area is 156 Å². The highest BCUT2D eigenvalue weighted by Gasteiger charge is 2.26. The number of morpholine rings is 1.